The lowest BCUT2D eigenvalue weighted by atomic mass is 10.1. The second-order valence-electron chi connectivity index (χ2n) is 7.98. The Bertz CT molecular complexity index is 826. The number of rotatable bonds is 5. The van der Waals surface area contributed by atoms with Crippen LogP contribution in [0.1, 0.15) is 55.9 Å². The number of furan rings is 1. The van der Waals surface area contributed by atoms with Crippen molar-refractivity contribution in [1.82, 2.24) is 10.6 Å². The first-order valence-electron chi connectivity index (χ1n) is 10.7. The lowest BCUT2D eigenvalue weighted by Gasteiger charge is -2.29. The predicted octanol–water partition coefficient (Wildman–Crippen LogP) is 3.34. The maximum absolute atomic E-state index is 12.5. The van der Waals surface area contributed by atoms with Crippen molar-refractivity contribution in [1.29, 1.82) is 0 Å². The third-order valence-electron chi connectivity index (χ3n) is 6.02. The smallest absolute Gasteiger partial charge is 0.309 e. The first-order valence-corrected chi connectivity index (χ1v) is 10.7. The van der Waals surface area contributed by atoms with Crippen molar-refractivity contribution in [3.05, 3.63) is 54.0 Å². The van der Waals surface area contributed by atoms with E-state index in [9.17, 15) is 9.59 Å². The van der Waals surface area contributed by atoms with E-state index in [1.165, 1.54) is 18.4 Å². The highest BCUT2D eigenvalue weighted by Gasteiger charge is 2.30. The van der Waals surface area contributed by atoms with Crippen LogP contribution in [-0.4, -0.2) is 30.9 Å². The number of amides is 2. The van der Waals surface area contributed by atoms with Crippen LogP contribution < -0.4 is 15.5 Å². The van der Waals surface area contributed by atoms with Gasteiger partial charge < -0.3 is 20.0 Å². The zero-order chi connectivity index (χ0) is 20.1. The van der Waals surface area contributed by atoms with Crippen LogP contribution in [0.2, 0.25) is 0 Å². The number of nitrogens with one attached hydrogen (secondary N) is 2. The average Bonchev–Trinajstić information content (AvgIpc) is 3.34. The van der Waals surface area contributed by atoms with Crippen LogP contribution >= 0.6 is 0 Å². The Labute approximate surface area is 171 Å². The molecular formula is C23H29N3O3. The predicted molar refractivity (Wildman–Crippen MR) is 112 cm³/mol. The number of nitrogens with zero attached hydrogens (tertiary/aromatic N) is 1. The highest BCUT2D eigenvalue weighted by atomic mass is 16.3. The molecule has 2 aromatic rings. The first kappa shape index (κ1) is 19.6. The van der Waals surface area contributed by atoms with Gasteiger partial charge in [-0.3, -0.25) is 9.59 Å². The molecule has 2 N–H and O–H groups in total. The minimum Gasteiger partial charge on any atom is -0.467 e. The van der Waals surface area contributed by atoms with E-state index in [1.54, 1.807) is 6.26 Å². The van der Waals surface area contributed by atoms with E-state index < -0.39 is 11.8 Å². The van der Waals surface area contributed by atoms with Gasteiger partial charge in [0.25, 0.3) is 0 Å². The number of hydrogen-bond donors (Lipinski definition) is 2. The standard InChI is InChI=1S/C23H29N3O3/c27-22(23(28)25-18-9-3-1-2-4-10-18)24-16-20(21-12-7-15-29-21)26-14-13-17-8-5-6-11-19(17)26/h5-8,11-12,15,18,20H,1-4,9-10,13-14,16H2,(H,24,27)(H,25,28)/t20-/m1/s1. The van der Waals surface area contributed by atoms with E-state index in [4.69, 9.17) is 4.42 Å². The summed E-state index contributed by atoms with van der Waals surface area (Å²) in [5.41, 5.74) is 2.45. The molecule has 6 nitrogen and oxygen atoms in total. The minimum absolute atomic E-state index is 0.113. The second-order valence-corrected chi connectivity index (χ2v) is 7.98. The Kier molecular flexibility index (Phi) is 6.17. The molecule has 0 bridgehead atoms. The summed E-state index contributed by atoms with van der Waals surface area (Å²) in [7, 11) is 0. The van der Waals surface area contributed by atoms with Crippen LogP contribution in [0.15, 0.2) is 47.1 Å². The fraction of sp³-hybridized carbons (Fsp3) is 0.478. The van der Waals surface area contributed by atoms with Gasteiger partial charge in [-0.2, -0.15) is 0 Å². The first-order chi connectivity index (χ1) is 14.2. The van der Waals surface area contributed by atoms with E-state index in [0.717, 1.165) is 50.1 Å². The van der Waals surface area contributed by atoms with Crippen molar-refractivity contribution < 1.29 is 14.0 Å². The topological polar surface area (TPSA) is 74.6 Å². The molecule has 1 fully saturated rings. The van der Waals surface area contributed by atoms with Gasteiger partial charge in [-0.15, -0.1) is 0 Å². The number of anilines is 1. The molecule has 1 aromatic carbocycles. The summed E-state index contributed by atoms with van der Waals surface area (Å²) in [6.45, 7) is 1.17. The fourth-order valence-corrected chi connectivity index (χ4v) is 4.48. The molecule has 4 rings (SSSR count). The molecule has 2 aliphatic rings. The van der Waals surface area contributed by atoms with Crippen LogP contribution in [0.4, 0.5) is 5.69 Å². The molecule has 0 saturated heterocycles. The van der Waals surface area contributed by atoms with Gasteiger partial charge in [0, 0.05) is 24.8 Å². The largest absolute Gasteiger partial charge is 0.467 e. The van der Waals surface area contributed by atoms with Gasteiger partial charge in [0.05, 0.1) is 6.26 Å². The Hall–Kier alpha value is -2.76. The fourth-order valence-electron chi connectivity index (χ4n) is 4.48. The molecule has 1 aliphatic heterocycles. The van der Waals surface area contributed by atoms with Gasteiger partial charge in [0.15, 0.2) is 0 Å². The van der Waals surface area contributed by atoms with Crippen LogP contribution in [0.25, 0.3) is 0 Å². The Morgan fingerprint density at radius 2 is 1.83 bits per heavy atom. The summed E-state index contributed by atoms with van der Waals surface area (Å²) in [5.74, 6) is -0.318. The number of hydrogen-bond acceptors (Lipinski definition) is 4. The summed E-state index contributed by atoms with van der Waals surface area (Å²) >= 11 is 0. The van der Waals surface area contributed by atoms with Gasteiger partial charge in [-0.25, -0.2) is 0 Å². The van der Waals surface area contributed by atoms with Crippen molar-refractivity contribution in [3.63, 3.8) is 0 Å². The number of carbonyl (C=O) groups is 2. The summed E-state index contributed by atoms with van der Waals surface area (Å²) in [5, 5.41) is 5.75. The summed E-state index contributed by atoms with van der Waals surface area (Å²) in [4.78, 5) is 27.1. The molecule has 2 heterocycles. The van der Waals surface area contributed by atoms with Gasteiger partial charge in [-0.1, -0.05) is 43.9 Å². The normalized spacial score (nSPS) is 18.0. The maximum Gasteiger partial charge on any atom is 0.309 e. The van der Waals surface area contributed by atoms with Crippen LogP contribution in [0.3, 0.4) is 0 Å². The maximum atomic E-state index is 12.5. The number of benzene rings is 1. The summed E-state index contributed by atoms with van der Waals surface area (Å²) in [6, 6.07) is 12.0. The molecule has 1 aromatic heterocycles. The Morgan fingerprint density at radius 1 is 1.03 bits per heavy atom. The monoisotopic (exact) mass is 395 g/mol. The molecule has 0 spiro atoms. The third kappa shape index (κ3) is 4.63. The van der Waals surface area contributed by atoms with Crippen molar-refractivity contribution in [3.8, 4) is 0 Å². The van der Waals surface area contributed by atoms with Gasteiger partial charge in [0.1, 0.15) is 11.8 Å². The second kappa shape index (κ2) is 9.16. The molecule has 1 aliphatic carbocycles. The molecule has 29 heavy (non-hydrogen) atoms. The lowest BCUT2D eigenvalue weighted by Crippen LogP contribution is -2.46. The molecule has 2 amide bonds. The van der Waals surface area contributed by atoms with Crippen LogP contribution in [0.5, 0.6) is 0 Å². The molecule has 154 valence electrons. The van der Waals surface area contributed by atoms with Crippen molar-refractivity contribution in [2.75, 3.05) is 18.0 Å². The van der Waals surface area contributed by atoms with Gasteiger partial charge in [0.2, 0.25) is 0 Å². The molecule has 6 heteroatoms. The third-order valence-corrected chi connectivity index (χ3v) is 6.02. The van der Waals surface area contributed by atoms with Crippen molar-refractivity contribution >= 4 is 17.5 Å². The van der Waals surface area contributed by atoms with Crippen LogP contribution in [-0.2, 0) is 16.0 Å². The molecular weight excluding hydrogens is 366 g/mol. The molecule has 1 saturated carbocycles. The molecule has 1 atom stereocenters. The van der Waals surface area contributed by atoms with Gasteiger partial charge >= 0.3 is 11.8 Å². The average molecular weight is 396 g/mol. The summed E-state index contributed by atoms with van der Waals surface area (Å²) < 4.78 is 5.66. The van der Waals surface area contributed by atoms with E-state index in [-0.39, 0.29) is 12.1 Å². The highest BCUT2D eigenvalue weighted by molar-refractivity contribution is 6.35. The lowest BCUT2D eigenvalue weighted by molar-refractivity contribution is -0.139. The number of para-hydroxylation sites is 1. The zero-order valence-electron chi connectivity index (χ0n) is 16.7. The van der Waals surface area contributed by atoms with E-state index >= 15 is 0 Å². The number of carbonyl (C=O) groups excluding carboxylic acids is 2. The number of fused-ring (bicyclic) bond motifs is 1. The zero-order valence-corrected chi connectivity index (χ0v) is 16.7. The van der Waals surface area contributed by atoms with Crippen molar-refractivity contribution in [2.24, 2.45) is 0 Å². The SMILES string of the molecule is O=C(NC[C@H](c1ccco1)N1CCc2ccccc21)C(=O)NC1CCCCCC1. The quantitative estimate of drug-likeness (QED) is 0.602. The van der Waals surface area contributed by atoms with E-state index in [1.807, 2.05) is 24.3 Å². The van der Waals surface area contributed by atoms with E-state index in [0.29, 0.717) is 6.54 Å². The Balaban J connectivity index is 1.40. The summed E-state index contributed by atoms with van der Waals surface area (Å²) in [6.07, 6.45) is 9.16. The Morgan fingerprint density at radius 3 is 2.59 bits per heavy atom. The van der Waals surface area contributed by atoms with Crippen molar-refractivity contribution in [2.45, 2.75) is 57.0 Å². The molecule has 0 unspecified atom stereocenters. The van der Waals surface area contributed by atoms with Crippen LogP contribution in [0, 0.1) is 0 Å². The minimum atomic E-state index is -0.571. The molecule has 0 radical (unpaired) electrons. The van der Waals surface area contributed by atoms with Gasteiger partial charge in [-0.05, 0) is 43.0 Å². The highest BCUT2D eigenvalue weighted by Crippen LogP contribution is 2.34. The van der Waals surface area contributed by atoms with E-state index in [2.05, 4.69) is 27.7 Å².